The van der Waals surface area contributed by atoms with Crippen LogP contribution in [-0.2, 0) is 50.3 Å². The van der Waals surface area contributed by atoms with E-state index in [-0.39, 0.29) is 67.1 Å². The second kappa shape index (κ2) is 21.5. The van der Waals surface area contributed by atoms with E-state index in [4.69, 9.17) is 28.4 Å². The number of carbonyl (C=O) groups is 3. The van der Waals surface area contributed by atoms with Gasteiger partial charge in [0.15, 0.2) is 19.8 Å². The molecule has 10 nitrogen and oxygen atoms in total. The zero-order valence-electron chi connectivity index (χ0n) is 41.1. The Morgan fingerprint density at radius 2 is 0.591 bits per heavy atom. The number of esters is 3. The predicted octanol–water partition coefficient (Wildman–Crippen LogP) is 13.3. The maximum absolute atomic E-state index is 13.1. The zero-order valence-corrected chi connectivity index (χ0v) is 44.4. The van der Waals surface area contributed by atoms with Gasteiger partial charge in [0.2, 0.25) is 0 Å². The zero-order chi connectivity index (χ0) is 48.9. The van der Waals surface area contributed by atoms with Crippen molar-refractivity contribution in [3.63, 3.8) is 0 Å². The molecule has 1 heterocycles. The predicted molar refractivity (Wildman–Crippen MR) is 265 cm³/mol. The monoisotopic (exact) mass is 978 g/mol. The van der Waals surface area contributed by atoms with E-state index in [0.717, 1.165) is 22.3 Å². The summed E-state index contributed by atoms with van der Waals surface area (Å²) >= 11 is 5.50. The Balaban J connectivity index is 1.99. The highest BCUT2D eigenvalue weighted by atomic mass is 32.2. The average molecular weight is 979 g/mol. The van der Waals surface area contributed by atoms with Crippen LogP contribution in [0.25, 0.3) is 0 Å². The molecular formula is C52H66O10S4. The van der Waals surface area contributed by atoms with E-state index in [1.165, 1.54) is 47.0 Å². The lowest BCUT2D eigenvalue weighted by Crippen LogP contribution is -2.17. The van der Waals surface area contributed by atoms with Gasteiger partial charge in [-0.05, 0) is 113 Å². The molecule has 0 atom stereocenters. The Kier molecular flexibility index (Phi) is 17.2. The van der Waals surface area contributed by atoms with Crippen molar-refractivity contribution in [3.8, 4) is 23.0 Å². The smallest absolute Gasteiger partial charge is 0.344 e. The number of aromatic hydroxyl groups is 1. The number of hydrogen-bond donors (Lipinski definition) is 1. The van der Waals surface area contributed by atoms with Gasteiger partial charge in [0.05, 0.1) is 59.0 Å². The molecule has 0 spiro atoms. The maximum Gasteiger partial charge on any atom is 0.344 e. The van der Waals surface area contributed by atoms with Crippen LogP contribution in [-0.4, -0.2) is 62.7 Å². The Bertz CT molecular complexity index is 2300. The van der Waals surface area contributed by atoms with Gasteiger partial charge in [0.1, 0.15) is 23.0 Å². The first kappa shape index (κ1) is 52.9. The summed E-state index contributed by atoms with van der Waals surface area (Å²) in [5.41, 5.74) is 2.57. The molecule has 0 saturated heterocycles. The number of carbonyl (C=O) groups excluding carboxylic acids is 3. The van der Waals surface area contributed by atoms with E-state index in [1.807, 2.05) is 12.1 Å². The van der Waals surface area contributed by atoms with Crippen molar-refractivity contribution in [1.29, 1.82) is 0 Å². The first-order valence-electron chi connectivity index (χ1n) is 22.2. The summed E-state index contributed by atoms with van der Waals surface area (Å²) in [6.07, 6.45) is 0. The molecule has 358 valence electrons. The lowest BCUT2D eigenvalue weighted by atomic mass is 9.87. The van der Waals surface area contributed by atoms with Gasteiger partial charge in [-0.25, -0.2) is 14.4 Å². The summed E-state index contributed by atoms with van der Waals surface area (Å²) in [7, 11) is 0. The van der Waals surface area contributed by atoms with Gasteiger partial charge >= 0.3 is 17.9 Å². The molecule has 0 saturated carbocycles. The summed E-state index contributed by atoms with van der Waals surface area (Å²) in [6.45, 7) is 30.3. The van der Waals surface area contributed by atoms with Crippen LogP contribution >= 0.6 is 47.0 Å². The fraction of sp³-hybridized carbons (Fsp3) is 0.481. The normalized spacial score (nSPS) is 13.1. The second-order valence-corrected chi connectivity index (χ2v) is 24.3. The highest BCUT2D eigenvalue weighted by Crippen LogP contribution is 2.56. The van der Waals surface area contributed by atoms with Crippen molar-refractivity contribution < 1.29 is 47.9 Å². The summed E-state index contributed by atoms with van der Waals surface area (Å²) in [4.78, 5) is 44.3. The van der Waals surface area contributed by atoms with Crippen LogP contribution in [0.3, 0.4) is 0 Å². The third-order valence-corrected chi connectivity index (χ3v) is 14.6. The second-order valence-electron chi connectivity index (χ2n) is 19.9. The van der Waals surface area contributed by atoms with Crippen LogP contribution in [0.4, 0.5) is 0 Å². The van der Waals surface area contributed by atoms with E-state index in [0.29, 0.717) is 56.4 Å². The lowest BCUT2D eigenvalue weighted by Gasteiger charge is -2.28. The van der Waals surface area contributed by atoms with Crippen LogP contribution in [0, 0.1) is 0 Å². The quantitative estimate of drug-likeness (QED) is 0.0941. The van der Waals surface area contributed by atoms with Crippen LogP contribution in [0.15, 0.2) is 87.7 Å². The van der Waals surface area contributed by atoms with Gasteiger partial charge in [0.25, 0.3) is 0 Å². The molecule has 1 aliphatic heterocycles. The molecule has 14 heteroatoms. The number of rotatable bonds is 12. The van der Waals surface area contributed by atoms with E-state index < -0.39 is 17.9 Å². The van der Waals surface area contributed by atoms with E-state index in [1.54, 1.807) is 20.8 Å². The first-order chi connectivity index (χ1) is 30.7. The molecule has 0 radical (unpaired) electrons. The van der Waals surface area contributed by atoms with Gasteiger partial charge < -0.3 is 33.5 Å². The third-order valence-electron chi connectivity index (χ3n) is 10.4. The number of ether oxygens (including phenoxy) is 6. The minimum atomic E-state index is -0.527. The Hall–Kier alpha value is -4.11. The van der Waals surface area contributed by atoms with Crippen LogP contribution < -0.4 is 14.2 Å². The van der Waals surface area contributed by atoms with Crippen LogP contribution in [0.5, 0.6) is 23.0 Å². The molecule has 4 aromatic rings. The molecule has 0 fully saturated rings. The van der Waals surface area contributed by atoms with Crippen LogP contribution in [0.1, 0.15) is 126 Å². The Morgan fingerprint density at radius 1 is 0.394 bits per heavy atom. The molecule has 0 amide bonds. The summed E-state index contributed by atoms with van der Waals surface area (Å²) < 4.78 is 35.7. The highest BCUT2D eigenvalue weighted by molar-refractivity contribution is 8.01. The largest absolute Gasteiger partial charge is 0.506 e. The van der Waals surface area contributed by atoms with Crippen molar-refractivity contribution in [3.05, 3.63) is 70.8 Å². The van der Waals surface area contributed by atoms with Crippen LogP contribution in [0.2, 0.25) is 0 Å². The van der Waals surface area contributed by atoms with E-state index in [2.05, 4.69) is 119 Å². The number of benzene rings is 4. The van der Waals surface area contributed by atoms with Gasteiger partial charge in [-0.3, -0.25) is 0 Å². The maximum atomic E-state index is 13.1. The van der Waals surface area contributed by atoms with E-state index in [9.17, 15) is 19.5 Å². The Labute approximate surface area is 408 Å². The van der Waals surface area contributed by atoms with E-state index >= 15 is 0 Å². The number of hydrogen-bond acceptors (Lipinski definition) is 14. The molecule has 0 unspecified atom stereocenters. The summed E-state index contributed by atoms with van der Waals surface area (Å²) in [6, 6.07) is 16.4. The van der Waals surface area contributed by atoms with Gasteiger partial charge in [0, 0.05) is 0 Å². The molecule has 0 aliphatic carbocycles. The average Bonchev–Trinajstić information content (AvgIpc) is 3.19. The van der Waals surface area contributed by atoms with Crippen molar-refractivity contribution in [2.24, 2.45) is 0 Å². The molecule has 5 rings (SSSR count). The van der Waals surface area contributed by atoms with Crippen molar-refractivity contribution in [1.82, 2.24) is 0 Å². The summed E-state index contributed by atoms with van der Waals surface area (Å²) in [5.74, 6) is -0.241. The Morgan fingerprint density at radius 3 is 0.788 bits per heavy atom. The molecule has 1 N–H and O–H groups in total. The molecule has 0 aromatic heterocycles. The molecular weight excluding hydrogens is 913 g/mol. The van der Waals surface area contributed by atoms with Crippen molar-refractivity contribution >= 4 is 65.0 Å². The first-order valence-corrected chi connectivity index (χ1v) is 25.5. The number of fused-ring (bicyclic) bond motifs is 8. The van der Waals surface area contributed by atoms with Crippen molar-refractivity contribution in [2.45, 2.75) is 165 Å². The third kappa shape index (κ3) is 13.5. The minimum Gasteiger partial charge on any atom is -0.506 e. The van der Waals surface area contributed by atoms with Gasteiger partial charge in [-0.2, -0.15) is 0 Å². The molecule has 1 aliphatic rings. The fourth-order valence-electron chi connectivity index (χ4n) is 6.56. The van der Waals surface area contributed by atoms with Crippen molar-refractivity contribution in [2.75, 3.05) is 39.6 Å². The molecule has 66 heavy (non-hydrogen) atoms. The SMILES string of the molecule is CCOC(=O)COc1c2cc(C(C)(C)C)cc1Sc1cc(C(C)(C)C)cc(c1OCC(=O)OCC)Sc1cc(C(C)(C)C)cc(c1OCC(=O)OCC)Sc1cc(C(C)(C)C)cc(c1O)S2. The number of phenols is 1. The lowest BCUT2D eigenvalue weighted by molar-refractivity contribution is -0.146. The highest BCUT2D eigenvalue weighted by Gasteiger charge is 2.31. The molecule has 4 aromatic carbocycles. The summed E-state index contributed by atoms with van der Waals surface area (Å²) in [5, 5.41) is 12.5. The van der Waals surface area contributed by atoms with Gasteiger partial charge in [-0.1, -0.05) is 130 Å². The number of phenolic OH excluding ortho intramolecular Hbond substituents is 1. The standard InChI is InChI=1S/C52H66O10S4/c1-16-57-42(53)27-60-46-36-21-31(50(7,8)9)23-38(46)65-40-25-33(52(13,14)15)26-41(48(40)62-29-44(55)59-18-3)66-39-24-32(51(10,11)12)22-37(47(39)61-28-43(54)58-17-2)64-35-20-30(49(4,5)6)19-34(63-36)45(35)56/h19-26,56H,16-18,27-29H2,1-15H3. The molecule has 8 bridgehead atoms. The van der Waals surface area contributed by atoms with Gasteiger partial charge in [-0.15, -0.1) is 0 Å². The fourth-order valence-corrected chi connectivity index (χ4v) is 11.2. The topological polar surface area (TPSA) is 127 Å². The minimum absolute atomic E-state index is 0.0539.